The van der Waals surface area contributed by atoms with Gasteiger partial charge in [-0.25, -0.2) is 0 Å². The summed E-state index contributed by atoms with van der Waals surface area (Å²) < 4.78 is 5.67. The molecule has 3 atom stereocenters. The standard InChI is InChI=1S/C19H36N4O.HI/c1-4-20-18(22-11-8-19(14-22)9-12-24-15-19)21-13-17(3)23-10-6-5-7-16(23)2;/h16-17H,4-15H2,1-3H3,(H,20,21);1H. The fraction of sp³-hybridized carbons (Fsp3) is 0.947. The van der Waals surface area contributed by atoms with Crippen molar-refractivity contribution in [1.82, 2.24) is 15.1 Å². The van der Waals surface area contributed by atoms with Gasteiger partial charge in [0.05, 0.1) is 13.2 Å². The first-order valence-corrected chi connectivity index (χ1v) is 10.0. The van der Waals surface area contributed by atoms with Crippen LogP contribution in [-0.4, -0.2) is 73.8 Å². The maximum atomic E-state index is 5.67. The fourth-order valence-electron chi connectivity index (χ4n) is 4.61. The van der Waals surface area contributed by atoms with Crippen LogP contribution in [0.25, 0.3) is 0 Å². The van der Waals surface area contributed by atoms with E-state index in [1.165, 1.54) is 38.6 Å². The number of rotatable bonds is 4. The van der Waals surface area contributed by atoms with Crippen molar-refractivity contribution >= 4 is 29.9 Å². The second-order valence-corrected chi connectivity index (χ2v) is 8.10. The van der Waals surface area contributed by atoms with Crippen molar-refractivity contribution in [1.29, 1.82) is 0 Å². The van der Waals surface area contributed by atoms with Gasteiger partial charge in [-0.1, -0.05) is 6.42 Å². The molecule has 0 amide bonds. The minimum Gasteiger partial charge on any atom is -0.381 e. The minimum atomic E-state index is 0. The SMILES string of the molecule is CCNC(=NCC(C)N1CCCCC1C)N1CCC2(CCOC2)C1.I. The number of aliphatic imine (C=N–C) groups is 1. The number of likely N-dealkylation sites (tertiary alicyclic amines) is 2. The van der Waals surface area contributed by atoms with Gasteiger partial charge in [0.1, 0.15) is 0 Å². The summed E-state index contributed by atoms with van der Waals surface area (Å²) >= 11 is 0. The van der Waals surface area contributed by atoms with Crippen LogP contribution >= 0.6 is 24.0 Å². The molecule has 3 aliphatic rings. The molecule has 5 nitrogen and oxygen atoms in total. The van der Waals surface area contributed by atoms with Crippen LogP contribution in [0.5, 0.6) is 0 Å². The maximum Gasteiger partial charge on any atom is 0.193 e. The monoisotopic (exact) mass is 464 g/mol. The number of guanidine groups is 1. The van der Waals surface area contributed by atoms with E-state index in [0.29, 0.717) is 17.5 Å². The molecule has 3 heterocycles. The molecular weight excluding hydrogens is 427 g/mol. The Hall–Kier alpha value is -0.0800. The predicted octanol–water partition coefficient (Wildman–Crippen LogP) is 2.95. The zero-order valence-corrected chi connectivity index (χ0v) is 18.6. The number of hydrogen-bond acceptors (Lipinski definition) is 3. The first kappa shape index (κ1) is 21.2. The highest BCUT2D eigenvalue weighted by molar-refractivity contribution is 14.0. The lowest BCUT2D eigenvalue weighted by Crippen LogP contribution is -2.46. The smallest absolute Gasteiger partial charge is 0.193 e. The van der Waals surface area contributed by atoms with Crippen LogP contribution in [0.4, 0.5) is 0 Å². The number of hydrogen-bond donors (Lipinski definition) is 1. The molecule has 3 fully saturated rings. The molecule has 0 aromatic carbocycles. The number of ether oxygens (including phenoxy) is 1. The zero-order valence-electron chi connectivity index (χ0n) is 16.3. The number of halogens is 1. The number of nitrogens with zero attached hydrogens (tertiary/aromatic N) is 3. The van der Waals surface area contributed by atoms with Gasteiger partial charge >= 0.3 is 0 Å². The molecular formula is C19H37IN4O. The van der Waals surface area contributed by atoms with Crippen molar-refractivity contribution in [3.8, 4) is 0 Å². The van der Waals surface area contributed by atoms with Crippen LogP contribution in [0.3, 0.4) is 0 Å². The molecule has 0 aliphatic carbocycles. The molecule has 0 aromatic rings. The van der Waals surface area contributed by atoms with E-state index in [1.807, 2.05) is 0 Å². The van der Waals surface area contributed by atoms with Crippen LogP contribution in [0.1, 0.15) is 52.9 Å². The molecule has 3 unspecified atom stereocenters. The van der Waals surface area contributed by atoms with Crippen LogP contribution < -0.4 is 5.32 Å². The molecule has 146 valence electrons. The molecule has 0 aromatic heterocycles. The second-order valence-electron chi connectivity index (χ2n) is 8.10. The van der Waals surface area contributed by atoms with Crippen LogP contribution in [0, 0.1) is 5.41 Å². The molecule has 6 heteroatoms. The lowest BCUT2D eigenvalue weighted by molar-refractivity contribution is 0.118. The molecule has 1 N–H and O–H groups in total. The molecule has 3 saturated heterocycles. The van der Waals surface area contributed by atoms with Gasteiger partial charge < -0.3 is 15.0 Å². The molecule has 3 rings (SSSR count). The fourth-order valence-corrected chi connectivity index (χ4v) is 4.61. The Morgan fingerprint density at radius 3 is 2.84 bits per heavy atom. The van der Waals surface area contributed by atoms with E-state index >= 15 is 0 Å². The van der Waals surface area contributed by atoms with E-state index in [9.17, 15) is 0 Å². The summed E-state index contributed by atoms with van der Waals surface area (Å²) in [5.74, 6) is 1.11. The lowest BCUT2D eigenvalue weighted by atomic mass is 9.87. The van der Waals surface area contributed by atoms with Gasteiger partial charge in [0.25, 0.3) is 0 Å². The Balaban J connectivity index is 0.00000225. The van der Waals surface area contributed by atoms with E-state index in [4.69, 9.17) is 9.73 Å². The summed E-state index contributed by atoms with van der Waals surface area (Å²) in [5.41, 5.74) is 0.392. The topological polar surface area (TPSA) is 40.1 Å². The van der Waals surface area contributed by atoms with E-state index in [2.05, 4.69) is 35.9 Å². The van der Waals surface area contributed by atoms with E-state index in [1.54, 1.807) is 0 Å². The van der Waals surface area contributed by atoms with Gasteiger partial charge in [-0.2, -0.15) is 0 Å². The highest BCUT2D eigenvalue weighted by atomic mass is 127. The van der Waals surface area contributed by atoms with Crippen molar-refractivity contribution < 1.29 is 4.74 Å². The Morgan fingerprint density at radius 1 is 1.32 bits per heavy atom. The molecule has 0 radical (unpaired) electrons. The van der Waals surface area contributed by atoms with E-state index in [0.717, 1.165) is 45.4 Å². The molecule has 25 heavy (non-hydrogen) atoms. The molecule has 1 spiro atoms. The predicted molar refractivity (Wildman–Crippen MR) is 115 cm³/mol. The van der Waals surface area contributed by atoms with Gasteiger partial charge in [-0.3, -0.25) is 9.89 Å². The van der Waals surface area contributed by atoms with Crippen LogP contribution in [0.2, 0.25) is 0 Å². The summed E-state index contributed by atoms with van der Waals surface area (Å²) in [6.07, 6.45) is 6.52. The van der Waals surface area contributed by atoms with Crippen molar-refractivity contribution in [2.45, 2.75) is 65.0 Å². The highest BCUT2D eigenvalue weighted by Gasteiger charge is 2.42. The van der Waals surface area contributed by atoms with Crippen molar-refractivity contribution in [3.63, 3.8) is 0 Å². The Bertz CT molecular complexity index is 439. The van der Waals surface area contributed by atoms with Gasteiger partial charge in [0.15, 0.2) is 5.96 Å². The first-order valence-electron chi connectivity index (χ1n) is 10.0. The summed E-state index contributed by atoms with van der Waals surface area (Å²) in [6, 6.07) is 1.23. The van der Waals surface area contributed by atoms with Gasteiger partial charge in [0.2, 0.25) is 0 Å². The van der Waals surface area contributed by atoms with Crippen molar-refractivity contribution in [3.05, 3.63) is 0 Å². The highest BCUT2D eigenvalue weighted by Crippen LogP contribution is 2.38. The molecule has 0 saturated carbocycles. The van der Waals surface area contributed by atoms with Gasteiger partial charge in [-0.05, 0) is 53.0 Å². The van der Waals surface area contributed by atoms with Crippen LogP contribution in [-0.2, 0) is 4.74 Å². The average Bonchev–Trinajstić information content (AvgIpc) is 3.22. The quantitative estimate of drug-likeness (QED) is 0.395. The third-order valence-electron chi connectivity index (χ3n) is 6.18. The summed E-state index contributed by atoms with van der Waals surface area (Å²) in [6.45, 7) is 14.0. The molecule has 3 aliphatic heterocycles. The summed E-state index contributed by atoms with van der Waals surface area (Å²) in [4.78, 5) is 10.1. The van der Waals surface area contributed by atoms with Crippen LogP contribution in [0.15, 0.2) is 4.99 Å². The van der Waals surface area contributed by atoms with Gasteiger partial charge in [0, 0.05) is 43.7 Å². The Labute approximate surface area is 171 Å². The zero-order chi connectivity index (χ0) is 17.0. The first-order chi connectivity index (χ1) is 11.6. The third-order valence-corrected chi connectivity index (χ3v) is 6.18. The third kappa shape index (κ3) is 5.22. The minimum absolute atomic E-state index is 0. The van der Waals surface area contributed by atoms with Crippen molar-refractivity contribution in [2.75, 3.05) is 45.9 Å². The summed E-state index contributed by atoms with van der Waals surface area (Å²) in [7, 11) is 0. The maximum absolute atomic E-state index is 5.67. The van der Waals surface area contributed by atoms with E-state index in [-0.39, 0.29) is 24.0 Å². The Kier molecular flexibility index (Phi) is 8.27. The number of nitrogens with one attached hydrogen (secondary N) is 1. The number of piperidine rings is 1. The molecule has 0 bridgehead atoms. The summed E-state index contributed by atoms with van der Waals surface area (Å²) in [5, 5.41) is 3.52. The van der Waals surface area contributed by atoms with E-state index < -0.39 is 0 Å². The van der Waals surface area contributed by atoms with Crippen molar-refractivity contribution in [2.24, 2.45) is 10.4 Å². The normalized spacial score (nSPS) is 32.0. The lowest BCUT2D eigenvalue weighted by Gasteiger charge is -2.37. The second kappa shape index (κ2) is 9.74. The largest absolute Gasteiger partial charge is 0.381 e. The Morgan fingerprint density at radius 2 is 2.16 bits per heavy atom. The average molecular weight is 464 g/mol. The van der Waals surface area contributed by atoms with Gasteiger partial charge in [-0.15, -0.1) is 24.0 Å².